The number of ether oxygens (including phenoxy) is 1. The molecule has 1 fully saturated rings. The molecule has 1 rings (SSSR count). The van der Waals surface area contributed by atoms with E-state index in [0.29, 0.717) is 25.9 Å². The van der Waals surface area contributed by atoms with Gasteiger partial charge in [0.05, 0.1) is 18.3 Å². The molecule has 0 radical (unpaired) electrons. The van der Waals surface area contributed by atoms with Gasteiger partial charge in [-0.05, 0) is 18.1 Å². The number of carboxylic acids is 1. The summed E-state index contributed by atoms with van der Waals surface area (Å²) in [5.41, 5.74) is 0. The van der Waals surface area contributed by atoms with Gasteiger partial charge in [-0.1, -0.05) is 13.8 Å². The van der Waals surface area contributed by atoms with Crippen molar-refractivity contribution in [3.63, 3.8) is 0 Å². The van der Waals surface area contributed by atoms with Crippen LogP contribution in [-0.4, -0.2) is 63.8 Å². The van der Waals surface area contributed by atoms with Crippen LogP contribution in [-0.2, 0) is 23.9 Å². The first-order valence-electron chi connectivity index (χ1n) is 8.62. The number of Topliss-reactive ketones (excluding diaryl/α,β-unsaturated/α-hetero) is 1. The fraction of sp³-hybridized carbons (Fsp3) is 0.765. The molecule has 0 aromatic carbocycles. The molecule has 1 unspecified atom stereocenters. The molecule has 1 aliphatic heterocycles. The van der Waals surface area contributed by atoms with Gasteiger partial charge in [0, 0.05) is 32.4 Å². The lowest BCUT2D eigenvalue weighted by atomic mass is 10.1. The van der Waals surface area contributed by atoms with E-state index >= 15 is 0 Å². The minimum absolute atomic E-state index is 0.0195. The zero-order valence-electron chi connectivity index (χ0n) is 14.9. The quantitative estimate of drug-likeness (QED) is 0.388. The maximum absolute atomic E-state index is 12.2. The number of carbonyl (C=O) groups is 4. The number of ketones is 1. The summed E-state index contributed by atoms with van der Waals surface area (Å²) in [5, 5.41) is 8.42. The number of unbranched alkanes of at least 4 members (excludes halogenated alkanes) is 1. The van der Waals surface area contributed by atoms with Gasteiger partial charge in [0.1, 0.15) is 5.78 Å². The molecule has 8 heteroatoms. The molecule has 0 bridgehead atoms. The number of carbonyl (C=O) groups excluding carboxylic acids is 3. The second kappa shape index (κ2) is 11.3. The Labute approximate surface area is 152 Å². The highest BCUT2D eigenvalue weighted by Crippen LogP contribution is 2.28. The molecule has 0 saturated carbocycles. The summed E-state index contributed by atoms with van der Waals surface area (Å²) in [7, 11) is 0. The Bertz CT molecular complexity index is 494. The first-order valence-corrected chi connectivity index (χ1v) is 9.56. The molecule has 2 amide bonds. The van der Waals surface area contributed by atoms with Gasteiger partial charge in [0.25, 0.3) is 0 Å². The average molecular weight is 373 g/mol. The SMILES string of the molecule is CC(C)SC1CC(=O)N(CCC(=O)CCCCOCCC(=O)O)C1=O. The van der Waals surface area contributed by atoms with Crippen molar-refractivity contribution < 1.29 is 29.0 Å². The molecule has 0 aromatic rings. The van der Waals surface area contributed by atoms with Crippen molar-refractivity contribution in [3.05, 3.63) is 0 Å². The highest BCUT2D eigenvalue weighted by Gasteiger charge is 2.38. The molecule has 7 nitrogen and oxygen atoms in total. The normalized spacial score (nSPS) is 17.6. The van der Waals surface area contributed by atoms with Crippen LogP contribution in [0.1, 0.15) is 52.4 Å². The van der Waals surface area contributed by atoms with Crippen LogP contribution in [0.25, 0.3) is 0 Å². The number of rotatable bonds is 13. The summed E-state index contributed by atoms with van der Waals surface area (Å²) in [5.74, 6) is -1.24. The Morgan fingerprint density at radius 3 is 2.56 bits per heavy atom. The summed E-state index contributed by atoms with van der Waals surface area (Å²) in [6.45, 7) is 4.75. The van der Waals surface area contributed by atoms with E-state index in [-0.39, 0.29) is 60.5 Å². The van der Waals surface area contributed by atoms with Crippen LogP contribution >= 0.6 is 11.8 Å². The van der Waals surface area contributed by atoms with E-state index in [0.717, 1.165) is 0 Å². The number of hydrogen-bond donors (Lipinski definition) is 1. The maximum Gasteiger partial charge on any atom is 0.305 e. The van der Waals surface area contributed by atoms with Crippen LogP contribution in [0.2, 0.25) is 0 Å². The van der Waals surface area contributed by atoms with Gasteiger partial charge in [-0.25, -0.2) is 0 Å². The van der Waals surface area contributed by atoms with E-state index in [1.54, 1.807) is 0 Å². The molecule has 1 heterocycles. The average Bonchev–Trinajstić information content (AvgIpc) is 2.77. The van der Waals surface area contributed by atoms with Gasteiger partial charge >= 0.3 is 5.97 Å². The fourth-order valence-electron chi connectivity index (χ4n) is 2.47. The molecule has 1 atom stereocenters. The molecule has 0 spiro atoms. The number of nitrogens with zero attached hydrogens (tertiary/aromatic N) is 1. The van der Waals surface area contributed by atoms with E-state index in [9.17, 15) is 19.2 Å². The number of thioether (sulfide) groups is 1. The summed E-state index contributed by atoms with van der Waals surface area (Å²) in [4.78, 5) is 47.5. The Morgan fingerprint density at radius 2 is 1.92 bits per heavy atom. The van der Waals surface area contributed by atoms with Gasteiger partial charge in [0.2, 0.25) is 11.8 Å². The third-order valence-corrected chi connectivity index (χ3v) is 4.95. The van der Waals surface area contributed by atoms with Crippen LogP contribution in [0.5, 0.6) is 0 Å². The number of amides is 2. The molecule has 1 N–H and O–H groups in total. The minimum Gasteiger partial charge on any atom is -0.481 e. The second-order valence-corrected chi connectivity index (χ2v) is 8.05. The van der Waals surface area contributed by atoms with Crippen molar-refractivity contribution in [1.29, 1.82) is 0 Å². The van der Waals surface area contributed by atoms with E-state index in [1.165, 1.54) is 16.7 Å². The Balaban J connectivity index is 2.16. The number of carboxylic acid groups (broad SMARTS) is 1. The summed E-state index contributed by atoms with van der Waals surface area (Å²) < 4.78 is 5.15. The first kappa shape index (κ1) is 21.6. The Morgan fingerprint density at radius 1 is 1.20 bits per heavy atom. The molecule has 142 valence electrons. The fourth-order valence-corrected chi connectivity index (χ4v) is 3.61. The van der Waals surface area contributed by atoms with Crippen LogP contribution in [0, 0.1) is 0 Å². The van der Waals surface area contributed by atoms with Gasteiger partial charge in [-0.15, -0.1) is 11.8 Å². The van der Waals surface area contributed by atoms with Gasteiger partial charge in [-0.3, -0.25) is 24.1 Å². The highest BCUT2D eigenvalue weighted by molar-refractivity contribution is 8.01. The predicted octanol–water partition coefficient (Wildman–Crippen LogP) is 1.88. The predicted molar refractivity (Wildman–Crippen MR) is 94.4 cm³/mol. The number of hydrogen-bond acceptors (Lipinski definition) is 6. The number of imide groups is 1. The van der Waals surface area contributed by atoms with Crippen LogP contribution in [0.3, 0.4) is 0 Å². The molecule has 0 aromatic heterocycles. The van der Waals surface area contributed by atoms with Crippen molar-refractivity contribution in [2.45, 2.75) is 62.9 Å². The number of aliphatic carboxylic acids is 1. The zero-order valence-corrected chi connectivity index (χ0v) is 15.7. The lowest BCUT2D eigenvalue weighted by Gasteiger charge is -2.15. The number of likely N-dealkylation sites (tertiary alicyclic amines) is 1. The summed E-state index contributed by atoms with van der Waals surface area (Å²) in [6, 6.07) is 0. The topological polar surface area (TPSA) is 101 Å². The zero-order chi connectivity index (χ0) is 18.8. The summed E-state index contributed by atoms with van der Waals surface area (Å²) in [6.07, 6.45) is 2.11. The van der Waals surface area contributed by atoms with Gasteiger partial charge < -0.3 is 9.84 Å². The lowest BCUT2D eigenvalue weighted by molar-refractivity contribution is -0.139. The van der Waals surface area contributed by atoms with Crippen LogP contribution in [0.15, 0.2) is 0 Å². The van der Waals surface area contributed by atoms with Crippen LogP contribution < -0.4 is 0 Å². The van der Waals surface area contributed by atoms with Crippen molar-refractivity contribution in [3.8, 4) is 0 Å². The molecular formula is C17H27NO6S. The highest BCUT2D eigenvalue weighted by atomic mass is 32.2. The first-order chi connectivity index (χ1) is 11.8. The monoisotopic (exact) mass is 373 g/mol. The second-order valence-electron chi connectivity index (χ2n) is 6.26. The minimum atomic E-state index is -0.893. The smallest absolute Gasteiger partial charge is 0.305 e. The van der Waals surface area contributed by atoms with Crippen LogP contribution in [0.4, 0.5) is 0 Å². The molecule has 25 heavy (non-hydrogen) atoms. The Hall–Kier alpha value is -1.41. The van der Waals surface area contributed by atoms with Crippen molar-refractivity contribution in [2.24, 2.45) is 0 Å². The largest absolute Gasteiger partial charge is 0.481 e. The van der Waals surface area contributed by atoms with E-state index in [4.69, 9.17) is 9.84 Å². The third kappa shape index (κ3) is 8.49. The van der Waals surface area contributed by atoms with E-state index in [1.807, 2.05) is 13.8 Å². The van der Waals surface area contributed by atoms with Crippen molar-refractivity contribution in [2.75, 3.05) is 19.8 Å². The Kier molecular flexibility index (Phi) is 9.74. The maximum atomic E-state index is 12.2. The van der Waals surface area contributed by atoms with Gasteiger partial charge in [0.15, 0.2) is 0 Å². The molecule has 0 aliphatic carbocycles. The van der Waals surface area contributed by atoms with E-state index < -0.39 is 5.97 Å². The molecular weight excluding hydrogens is 346 g/mol. The molecule has 1 saturated heterocycles. The third-order valence-electron chi connectivity index (χ3n) is 3.71. The molecule has 1 aliphatic rings. The lowest BCUT2D eigenvalue weighted by Crippen LogP contribution is -2.33. The summed E-state index contributed by atoms with van der Waals surface area (Å²) >= 11 is 1.49. The van der Waals surface area contributed by atoms with E-state index in [2.05, 4.69) is 0 Å². The van der Waals surface area contributed by atoms with Crippen molar-refractivity contribution >= 4 is 35.3 Å². The van der Waals surface area contributed by atoms with Crippen molar-refractivity contribution in [1.82, 2.24) is 4.90 Å². The van der Waals surface area contributed by atoms with Gasteiger partial charge in [-0.2, -0.15) is 0 Å². The standard InChI is InChI=1S/C17H27NO6S/c1-12(2)25-14-11-15(20)18(17(14)23)8-6-13(19)5-3-4-9-24-10-7-16(21)22/h12,14H,3-11H2,1-2H3,(H,21,22).